The SMILES string of the molecule is CCCC(CNC(=O)c1cc([N+](=O)[O-])c[nH]c1=O)C(=O)O. The van der Waals surface area contributed by atoms with Crippen LogP contribution in [0.4, 0.5) is 5.69 Å². The Bertz CT molecular complexity index is 609. The van der Waals surface area contributed by atoms with Crippen molar-refractivity contribution < 1.29 is 19.6 Å². The monoisotopic (exact) mass is 297 g/mol. The molecule has 1 amide bonds. The maximum atomic E-state index is 11.8. The molecule has 0 aliphatic carbocycles. The lowest BCUT2D eigenvalue weighted by Crippen LogP contribution is -2.35. The Balaban J connectivity index is 2.84. The fourth-order valence-electron chi connectivity index (χ4n) is 1.72. The van der Waals surface area contributed by atoms with Crippen molar-refractivity contribution in [3.63, 3.8) is 0 Å². The van der Waals surface area contributed by atoms with Gasteiger partial charge in [0, 0.05) is 12.6 Å². The third kappa shape index (κ3) is 4.41. The highest BCUT2D eigenvalue weighted by Crippen LogP contribution is 2.09. The minimum absolute atomic E-state index is 0.149. The van der Waals surface area contributed by atoms with Crippen molar-refractivity contribution >= 4 is 17.6 Å². The number of carbonyl (C=O) groups excluding carboxylic acids is 1. The lowest BCUT2D eigenvalue weighted by Gasteiger charge is -2.11. The number of hydrogen-bond donors (Lipinski definition) is 3. The van der Waals surface area contributed by atoms with Gasteiger partial charge in [-0.1, -0.05) is 13.3 Å². The van der Waals surface area contributed by atoms with Crippen molar-refractivity contribution in [3.8, 4) is 0 Å². The zero-order valence-corrected chi connectivity index (χ0v) is 11.3. The number of hydrogen-bond acceptors (Lipinski definition) is 5. The molecule has 0 saturated heterocycles. The van der Waals surface area contributed by atoms with Gasteiger partial charge in [-0.15, -0.1) is 0 Å². The third-order valence-corrected chi connectivity index (χ3v) is 2.84. The molecule has 1 aromatic rings. The Morgan fingerprint density at radius 2 is 2.19 bits per heavy atom. The molecule has 0 fully saturated rings. The van der Waals surface area contributed by atoms with Gasteiger partial charge < -0.3 is 15.4 Å². The van der Waals surface area contributed by atoms with E-state index in [1.54, 1.807) is 0 Å². The molecule has 3 N–H and O–H groups in total. The maximum absolute atomic E-state index is 11.8. The number of H-pyrrole nitrogens is 1. The highest BCUT2D eigenvalue weighted by atomic mass is 16.6. The van der Waals surface area contributed by atoms with Crippen LogP contribution in [-0.4, -0.2) is 33.4 Å². The molecule has 1 rings (SSSR count). The number of nitro groups is 1. The summed E-state index contributed by atoms with van der Waals surface area (Å²) in [6.45, 7) is 1.66. The van der Waals surface area contributed by atoms with Crippen LogP contribution in [0, 0.1) is 16.0 Å². The van der Waals surface area contributed by atoms with E-state index in [9.17, 15) is 24.5 Å². The number of pyridine rings is 1. The van der Waals surface area contributed by atoms with E-state index in [0.29, 0.717) is 12.8 Å². The Labute approximate surface area is 119 Å². The van der Waals surface area contributed by atoms with Gasteiger partial charge in [0.05, 0.1) is 17.0 Å². The number of carboxylic acids is 1. The van der Waals surface area contributed by atoms with E-state index < -0.39 is 39.5 Å². The first-order valence-corrected chi connectivity index (χ1v) is 6.25. The van der Waals surface area contributed by atoms with Gasteiger partial charge in [-0.3, -0.25) is 24.5 Å². The van der Waals surface area contributed by atoms with Gasteiger partial charge in [0.15, 0.2) is 0 Å². The van der Waals surface area contributed by atoms with Gasteiger partial charge >= 0.3 is 5.97 Å². The summed E-state index contributed by atoms with van der Waals surface area (Å²) in [6, 6.07) is 0.851. The Morgan fingerprint density at radius 3 is 2.71 bits per heavy atom. The predicted molar refractivity (Wildman–Crippen MR) is 72.1 cm³/mol. The molecule has 9 heteroatoms. The summed E-state index contributed by atoms with van der Waals surface area (Å²) in [4.78, 5) is 46.2. The van der Waals surface area contributed by atoms with Gasteiger partial charge in [-0.25, -0.2) is 0 Å². The van der Waals surface area contributed by atoms with Crippen molar-refractivity contribution in [2.24, 2.45) is 5.92 Å². The number of carbonyl (C=O) groups is 2. The number of nitrogens with one attached hydrogen (secondary N) is 2. The van der Waals surface area contributed by atoms with E-state index in [2.05, 4.69) is 10.3 Å². The van der Waals surface area contributed by atoms with Crippen LogP contribution in [0.2, 0.25) is 0 Å². The molecule has 1 aromatic heterocycles. The second kappa shape index (κ2) is 7.17. The number of aliphatic carboxylic acids is 1. The summed E-state index contributed by atoms with van der Waals surface area (Å²) < 4.78 is 0. The molecule has 0 bridgehead atoms. The van der Waals surface area contributed by atoms with E-state index in [4.69, 9.17) is 5.11 Å². The topological polar surface area (TPSA) is 142 Å². The number of carboxylic acid groups (broad SMARTS) is 1. The summed E-state index contributed by atoms with van der Waals surface area (Å²) in [6.07, 6.45) is 1.89. The van der Waals surface area contributed by atoms with Crippen LogP contribution >= 0.6 is 0 Å². The molecule has 0 aromatic carbocycles. The lowest BCUT2D eigenvalue weighted by atomic mass is 10.0. The first-order valence-electron chi connectivity index (χ1n) is 6.25. The van der Waals surface area contributed by atoms with Crippen molar-refractivity contribution in [1.29, 1.82) is 0 Å². The van der Waals surface area contributed by atoms with Crippen molar-refractivity contribution in [2.45, 2.75) is 19.8 Å². The second-order valence-corrected chi connectivity index (χ2v) is 4.39. The second-order valence-electron chi connectivity index (χ2n) is 4.39. The highest BCUT2D eigenvalue weighted by molar-refractivity contribution is 5.94. The summed E-state index contributed by atoms with van der Waals surface area (Å²) >= 11 is 0. The van der Waals surface area contributed by atoms with Crippen LogP contribution in [0.1, 0.15) is 30.1 Å². The molecule has 0 spiro atoms. The quantitative estimate of drug-likeness (QED) is 0.494. The molecule has 1 unspecified atom stereocenters. The Hall–Kier alpha value is -2.71. The van der Waals surface area contributed by atoms with E-state index in [-0.39, 0.29) is 6.54 Å². The van der Waals surface area contributed by atoms with Gasteiger partial charge in [0.1, 0.15) is 5.56 Å². The number of amides is 1. The molecule has 21 heavy (non-hydrogen) atoms. The van der Waals surface area contributed by atoms with Gasteiger partial charge in [-0.2, -0.15) is 0 Å². The van der Waals surface area contributed by atoms with Crippen LogP contribution < -0.4 is 10.9 Å². The molecule has 0 radical (unpaired) electrons. The molecule has 1 atom stereocenters. The molecule has 114 valence electrons. The molecular weight excluding hydrogens is 282 g/mol. The third-order valence-electron chi connectivity index (χ3n) is 2.84. The first-order chi connectivity index (χ1) is 9.86. The molecule has 0 aliphatic heterocycles. The van der Waals surface area contributed by atoms with E-state index >= 15 is 0 Å². The summed E-state index contributed by atoms with van der Waals surface area (Å²) in [5.74, 6) is -2.66. The van der Waals surface area contributed by atoms with Gasteiger partial charge in [0.2, 0.25) is 0 Å². The molecule has 1 heterocycles. The Kier molecular flexibility index (Phi) is 5.58. The minimum Gasteiger partial charge on any atom is -0.481 e. The zero-order valence-electron chi connectivity index (χ0n) is 11.3. The fraction of sp³-hybridized carbons (Fsp3) is 0.417. The van der Waals surface area contributed by atoms with Crippen LogP contribution in [0.25, 0.3) is 0 Å². The summed E-state index contributed by atoms with van der Waals surface area (Å²) in [7, 11) is 0. The van der Waals surface area contributed by atoms with Crippen LogP contribution in [0.15, 0.2) is 17.1 Å². The van der Waals surface area contributed by atoms with Crippen molar-refractivity contribution in [3.05, 3.63) is 38.3 Å². The van der Waals surface area contributed by atoms with E-state index in [1.807, 2.05) is 6.92 Å². The van der Waals surface area contributed by atoms with Crippen molar-refractivity contribution in [2.75, 3.05) is 6.54 Å². The Morgan fingerprint density at radius 1 is 1.52 bits per heavy atom. The van der Waals surface area contributed by atoms with Crippen LogP contribution in [-0.2, 0) is 4.79 Å². The molecule has 0 aliphatic rings. The van der Waals surface area contributed by atoms with E-state index in [0.717, 1.165) is 12.3 Å². The van der Waals surface area contributed by atoms with Crippen LogP contribution in [0.3, 0.4) is 0 Å². The first kappa shape index (κ1) is 16.3. The highest BCUT2D eigenvalue weighted by Gasteiger charge is 2.20. The van der Waals surface area contributed by atoms with E-state index in [1.165, 1.54) is 0 Å². The predicted octanol–water partition coefficient (Wildman–Crippen LogP) is 0.514. The number of rotatable bonds is 7. The molecule has 0 saturated carbocycles. The molecule has 9 nitrogen and oxygen atoms in total. The van der Waals surface area contributed by atoms with Crippen LogP contribution in [0.5, 0.6) is 0 Å². The minimum atomic E-state index is -1.05. The number of aromatic nitrogens is 1. The van der Waals surface area contributed by atoms with Gasteiger partial charge in [0.25, 0.3) is 17.2 Å². The summed E-state index contributed by atoms with van der Waals surface area (Å²) in [5, 5.41) is 21.9. The largest absolute Gasteiger partial charge is 0.481 e. The zero-order chi connectivity index (χ0) is 16.0. The lowest BCUT2D eigenvalue weighted by molar-refractivity contribution is -0.385. The number of aromatic amines is 1. The van der Waals surface area contributed by atoms with Crippen molar-refractivity contribution in [1.82, 2.24) is 10.3 Å². The van der Waals surface area contributed by atoms with Gasteiger partial charge in [-0.05, 0) is 6.42 Å². The number of nitrogens with zero attached hydrogens (tertiary/aromatic N) is 1. The summed E-state index contributed by atoms with van der Waals surface area (Å²) in [5.41, 5.74) is -1.63. The standard InChI is InChI=1S/C12H15N3O6/c1-2-3-7(12(18)19)5-13-10(16)9-4-8(15(20)21)6-14-11(9)17/h4,6-7H,2-3,5H2,1H3,(H,13,16)(H,14,17)(H,18,19). The average molecular weight is 297 g/mol. The molecular formula is C12H15N3O6. The average Bonchev–Trinajstić information content (AvgIpc) is 2.42. The normalized spacial score (nSPS) is 11.7. The fourth-order valence-corrected chi connectivity index (χ4v) is 1.72. The maximum Gasteiger partial charge on any atom is 0.308 e. The smallest absolute Gasteiger partial charge is 0.308 e.